The second-order valence-corrected chi connectivity index (χ2v) is 8.92. The molecule has 0 aliphatic heterocycles. The summed E-state index contributed by atoms with van der Waals surface area (Å²) in [6.07, 6.45) is 2.43. The van der Waals surface area contributed by atoms with Crippen molar-refractivity contribution in [2.45, 2.75) is 78.1 Å². The van der Waals surface area contributed by atoms with Crippen molar-refractivity contribution in [3.8, 4) is 0 Å². The van der Waals surface area contributed by atoms with Crippen LogP contribution < -0.4 is 11.0 Å². The van der Waals surface area contributed by atoms with Crippen molar-refractivity contribution in [3.63, 3.8) is 0 Å². The molecule has 0 saturated heterocycles. The van der Waals surface area contributed by atoms with Crippen LogP contribution in [0.15, 0.2) is 18.2 Å². The lowest BCUT2D eigenvalue weighted by Gasteiger charge is -2.26. The number of benzene rings is 1. The Morgan fingerprint density at radius 2 is 1.48 bits per heavy atom. The van der Waals surface area contributed by atoms with Crippen molar-refractivity contribution in [3.05, 3.63) is 34.9 Å². The minimum absolute atomic E-state index is 0.0575. The molecule has 0 radical (unpaired) electrons. The molecule has 1 aromatic rings. The Balaban J connectivity index is 2.63. The fourth-order valence-electron chi connectivity index (χ4n) is 2.49. The maximum Gasteiger partial charge on any atom is 0.274 e. The van der Waals surface area contributed by atoms with Crippen LogP contribution in [-0.4, -0.2) is 23.6 Å². The van der Waals surface area contributed by atoms with E-state index in [4.69, 9.17) is 10.0 Å². The van der Waals surface area contributed by atoms with E-state index in [1.165, 1.54) is 0 Å². The Labute approximate surface area is 162 Å². The molecule has 1 rings (SSSR count). The summed E-state index contributed by atoms with van der Waals surface area (Å²) in [6, 6.07) is 6.00. The topological polar surface area (TPSA) is 87.7 Å². The molecule has 0 unspecified atom stereocenters. The minimum Gasteiger partial charge on any atom is -0.289 e. The van der Waals surface area contributed by atoms with Crippen LogP contribution in [0.25, 0.3) is 0 Å². The van der Waals surface area contributed by atoms with E-state index in [1.807, 2.05) is 12.1 Å². The van der Waals surface area contributed by atoms with Crippen LogP contribution in [-0.2, 0) is 20.5 Å². The lowest BCUT2D eigenvalue weighted by molar-refractivity contribution is -0.129. The first kappa shape index (κ1) is 23.1. The fraction of sp³-hybridized carbons (Fsp3) is 0.619. The SMILES string of the molecule is CC(C)(C)c1cc(C(=O)NOCCCCCC(=O)NO)cc(C(C)(C)C)c1. The molecule has 0 aliphatic carbocycles. The summed E-state index contributed by atoms with van der Waals surface area (Å²) < 4.78 is 0. The molecule has 2 amide bonds. The second-order valence-electron chi connectivity index (χ2n) is 8.92. The Bertz CT molecular complexity index is 610. The Morgan fingerprint density at radius 1 is 0.926 bits per heavy atom. The molecule has 0 heterocycles. The average Bonchev–Trinajstić information content (AvgIpc) is 2.58. The van der Waals surface area contributed by atoms with Crippen LogP contribution in [0.5, 0.6) is 0 Å². The van der Waals surface area contributed by atoms with Gasteiger partial charge in [0.15, 0.2) is 0 Å². The summed E-state index contributed by atoms with van der Waals surface area (Å²) in [4.78, 5) is 28.7. The highest BCUT2D eigenvalue weighted by Crippen LogP contribution is 2.30. The normalized spacial score (nSPS) is 12.0. The lowest BCUT2D eigenvalue weighted by Crippen LogP contribution is -2.26. The zero-order valence-electron chi connectivity index (χ0n) is 17.4. The summed E-state index contributed by atoms with van der Waals surface area (Å²) in [5, 5.41) is 8.41. The van der Waals surface area contributed by atoms with Crippen molar-refractivity contribution in [1.29, 1.82) is 0 Å². The van der Waals surface area contributed by atoms with Crippen LogP contribution in [0.1, 0.15) is 88.7 Å². The van der Waals surface area contributed by atoms with Gasteiger partial charge in [-0.2, -0.15) is 0 Å². The number of hydrogen-bond donors (Lipinski definition) is 3. The number of nitrogens with one attached hydrogen (secondary N) is 2. The summed E-state index contributed by atoms with van der Waals surface area (Å²) in [6.45, 7) is 13.1. The Hall–Kier alpha value is -1.92. The second kappa shape index (κ2) is 9.85. The van der Waals surface area contributed by atoms with Crippen molar-refractivity contribution in [2.75, 3.05) is 6.61 Å². The Kier molecular flexibility index (Phi) is 8.44. The first-order chi connectivity index (χ1) is 12.4. The summed E-state index contributed by atoms with van der Waals surface area (Å²) in [7, 11) is 0. The van der Waals surface area contributed by atoms with E-state index >= 15 is 0 Å². The molecule has 27 heavy (non-hydrogen) atoms. The number of amides is 2. The van der Waals surface area contributed by atoms with Gasteiger partial charge in [0, 0.05) is 12.0 Å². The Morgan fingerprint density at radius 3 is 1.96 bits per heavy atom. The average molecular weight is 379 g/mol. The summed E-state index contributed by atoms with van der Waals surface area (Å²) in [5.74, 6) is -0.649. The van der Waals surface area contributed by atoms with E-state index < -0.39 is 5.91 Å². The van der Waals surface area contributed by atoms with Gasteiger partial charge in [-0.05, 0) is 46.9 Å². The molecule has 0 spiro atoms. The quantitative estimate of drug-likeness (QED) is 0.362. The minimum atomic E-state index is -0.391. The predicted octanol–water partition coefficient (Wildman–Crippen LogP) is 4.01. The van der Waals surface area contributed by atoms with E-state index in [0.717, 1.165) is 17.5 Å². The van der Waals surface area contributed by atoms with Gasteiger partial charge < -0.3 is 0 Å². The van der Waals surface area contributed by atoms with Gasteiger partial charge in [-0.1, -0.05) is 54.0 Å². The number of carbonyl (C=O) groups excluding carboxylic acids is 2. The molecule has 0 aromatic heterocycles. The van der Waals surface area contributed by atoms with Crippen LogP contribution >= 0.6 is 0 Å². The van der Waals surface area contributed by atoms with Crippen molar-refractivity contribution in [1.82, 2.24) is 11.0 Å². The van der Waals surface area contributed by atoms with E-state index in [1.54, 1.807) is 5.48 Å². The molecule has 3 N–H and O–H groups in total. The number of hydrogen-bond acceptors (Lipinski definition) is 4. The standard InChI is InChI=1S/C21H34N2O4/c1-20(2,3)16-12-15(13-17(14-16)21(4,5)6)19(25)23-27-11-9-7-8-10-18(24)22-26/h12-14,26H,7-11H2,1-6H3,(H,22,24)(H,23,25). The van der Waals surface area contributed by atoms with Gasteiger partial charge in [-0.3, -0.25) is 19.6 Å². The van der Waals surface area contributed by atoms with Crippen LogP contribution in [0.3, 0.4) is 0 Å². The number of hydroxylamine groups is 2. The smallest absolute Gasteiger partial charge is 0.274 e. The maximum absolute atomic E-state index is 12.5. The number of unbranched alkanes of at least 4 members (excludes halogenated alkanes) is 2. The van der Waals surface area contributed by atoms with Gasteiger partial charge in [0.05, 0.1) is 6.61 Å². The van der Waals surface area contributed by atoms with Gasteiger partial charge in [0.2, 0.25) is 5.91 Å². The predicted molar refractivity (Wildman–Crippen MR) is 106 cm³/mol. The molecule has 1 aromatic carbocycles. The first-order valence-corrected chi connectivity index (χ1v) is 9.46. The zero-order valence-corrected chi connectivity index (χ0v) is 17.4. The zero-order chi connectivity index (χ0) is 20.7. The van der Waals surface area contributed by atoms with Crippen molar-refractivity contribution in [2.24, 2.45) is 0 Å². The van der Waals surface area contributed by atoms with Crippen LogP contribution in [0.4, 0.5) is 0 Å². The van der Waals surface area contributed by atoms with Crippen LogP contribution in [0.2, 0.25) is 0 Å². The lowest BCUT2D eigenvalue weighted by atomic mass is 9.79. The van der Waals surface area contributed by atoms with E-state index in [-0.39, 0.29) is 23.2 Å². The molecule has 6 heteroatoms. The molecule has 0 fully saturated rings. The van der Waals surface area contributed by atoms with Crippen molar-refractivity contribution >= 4 is 11.8 Å². The molecular weight excluding hydrogens is 344 g/mol. The molecule has 6 nitrogen and oxygen atoms in total. The fourth-order valence-corrected chi connectivity index (χ4v) is 2.49. The van der Waals surface area contributed by atoms with Crippen LogP contribution in [0, 0.1) is 0 Å². The van der Waals surface area contributed by atoms with Gasteiger partial charge in [-0.15, -0.1) is 0 Å². The maximum atomic E-state index is 12.5. The molecule has 152 valence electrons. The highest BCUT2D eigenvalue weighted by molar-refractivity contribution is 5.94. The molecular formula is C21H34N2O4. The van der Waals surface area contributed by atoms with Gasteiger partial charge in [-0.25, -0.2) is 11.0 Å². The van der Waals surface area contributed by atoms with E-state index in [0.29, 0.717) is 25.0 Å². The largest absolute Gasteiger partial charge is 0.289 e. The molecule has 0 aliphatic rings. The third-order valence-electron chi connectivity index (χ3n) is 4.37. The van der Waals surface area contributed by atoms with Gasteiger partial charge in [0.1, 0.15) is 0 Å². The monoisotopic (exact) mass is 378 g/mol. The molecule has 0 bridgehead atoms. The summed E-state index contributed by atoms with van der Waals surface area (Å²) >= 11 is 0. The third kappa shape index (κ3) is 8.10. The molecule has 0 saturated carbocycles. The van der Waals surface area contributed by atoms with Gasteiger partial charge in [0.25, 0.3) is 5.91 Å². The highest BCUT2D eigenvalue weighted by Gasteiger charge is 2.22. The van der Waals surface area contributed by atoms with Gasteiger partial charge >= 0.3 is 0 Å². The number of rotatable bonds is 8. The molecule has 0 atom stereocenters. The number of carbonyl (C=O) groups is 2. The van der Waals surface area contributed by atoms with E-state index in [2.05, 4.69) is 53.1 Å². The first-order valence-electron chi connectivity index (χ1n) is 9.46. The highest BCUT2D eigenvalue weighted by atomic mass is 16.6. The third-order valence-corrected chi connectivity index (χ3v) is 4.37. The van der Waals surface area contributed by atoms with Crippen molar-refractivity contribution < 1.29 is 19.6 Å². The van der Waals surface area contributed by atoms with E-state index in [9.17, 15) is 9.59 Å². The summed E-state index contributed by atoms with van der Waals surface area (Å²) in [5.41, 5.74) is 6.81.